The summed E-state index contributed by atoms with van der Waals surface area (Å²) in [6.45, 7) is 3.52. The SMILES string of the molecule is C.COC(=O)C(Cc1cccc(C(=N)N)c1)[C@@H](C)NC(=O)c1ccc(-c2cc[n+](O)cc2)cc1.COC(=O)C(Cc1cccc(C(=N)N)c1)[C@@H](C)NC(=O)c1ccc(-c2cc[n+]([O-])cc2)cc1.Cl.[I][V]([I])[I].[I][V][I]. The number of carbonyl (C=O) groups is 4. The number of halogens is 6. The van der Waals surface area contributed by atoms with Gasteiger partial charge in [0.1, 0.15) is 11.7 Å². The van der Waals surface area contributed by atoms with Gasteiger partial charge in [0.25, 0.3) is 11.8 Å². The van der Waals surface area contributed by atoms with Gasteiger partial charge in [0.15, 0.2) is 12.4 Å². The molecular weight excluding hydrogens is 1620 g/mol. The van der Waals surface area contributed by atoms with Crippen LogP contribution in [-0.4, -0.2) is 66.9 Å². The molecule has 9 N–H and O–H groups in total. The molecule has 16 nitrogen and oxygen atoms in total. The molecule has 0 radical (unpaired) electrons. The molecule has 0 aliphatic carbocycles. The Hall–Kier alpha value is -3.29. The average Bonchev–Trinajstić information content (AvgIpc) is 3.37. The van der Waals surface area contributed by atoms with Crippen LogP contribution in [-0.2, 0) is 46.3 Å². The van der Waals surface area contributed by atoms with Gasteiger partial charge < -0.3 is 36.8 Å². The first-order valence-electron chi connectivity index (χ1n) is 21.7. The van der Waals surface area contributed by atoms with Crippen LogP contribution in [0.25, 0.3) is 22.3 Å². The summed E-state index contributed by atoms with van der Waals surface area (Å²) in [7, 11) is 3.26. The summed E-state index contributed by atoms with van der Waals surface area (Å²) in [5.41, 5.74) is 18.3. The van der Waals surface area contributed by atoms with Crippen LogP contribution in [0.2, 0.25) is 0 Å². The minimum absolute atomic E-state index is 0. The van der Waals surface area contributed by atoms with Crippen LogP contribution < -0.4 is 31.6 Å². The van der Waals surface area contributed by atoms with Crippen molar-refractivity contribution >= 4 is 148 Å². The molecule has 0 bridgehead atoms. The number of amides is 2. The van der Waals surface area contributed by atoms with Gasteiger partial charge in [-0.25, -0.2) is 0 Å². The summed E-state index contributed by atoms with van der Waals surface area (Å²) in [5.74, 6) is -2.84. The number of hydrogen-bond acceptors (Lipinski definition) is 10. The third-order valence-corrected chi connectivity index (χ3v) is 10.9. The second-order valence-corrected chi connectivity index (χ2v) is 62.9. The van der Waals surface area contributed by atoms with Gasteiger partial charge >= 0.3 is 126 Å². The maximum atomic E-state index is 12.8. The van der Waals surface area contributed by atoms with Crippen molar-refractivity contribution in [2.24, 2.45) is 23.3 Å². The molecule has 4 atom stereocenters. The Kier molecular flexibility index (Phi) is 34.2. The molecular formula is C51H58ClI5N8O8V2+. The zero-order valence-electron chi connectivity index (χ0n) is 40.1. The van der Waals surface area contributed by atoms with Crippen molar-refractivity contribution in [3.8, 4) is 22.3 Å². The molecule has 4 aromatic carbocycles. The number of carbonyl (C=O) groups excluding carboxylic acids is 4. The normalized spacial score (nSPS) is 11.6. The first-order valence-corrected chi connectivity index (χ1v) is 44.2. The summed E-state index contributed by atoms with van der Waals surface area (Å²) in [4.78, 5) is 50.3. The van der Waals surface area contributed by atoms with E-state index in [-0.39, 0.29) is 48.2 Å². The van der Waals surface area contributed by atoms with Crippen molar-refractivity contribution in [1.29, 1.82) is 10.8 Å². The van der Waals surface area contributed by atoms with E-state index in [4.69, 9.17) is 31.8 Å². The van der Waals surface area contributed by atoms with E-state index in [1.807, 2.05) is 24.3 Å². The summed E-state index contributed by atoms with van der Waals surface area (Å²) in [6, 6.07) is 34.2. The fourth-order valence-corrected chi connectivity index (χ4v) is 7.10. The Bertz CT molecular complexity index is 2590. The van der Waals surface area contributed by atoms with E-state index in [1.165, 1.54) is 39.0 Å². The van der Waals surface area contributed by atoms with E-state index < -0.39 is 35.9 Å². The number of pyridine rings is 2. The summed E-state index contributed by atoms with van der Waals surface area (Å²) in [6.07, 6.45) is 6.52. The molecule has 0 saturated heterocycles. The van der Waals surface area contributed by atoms with E-state index in [0.29, 0.717) is 49.3 Å². The number of methoxy groups -OCH3 is 2. The van der Waals surface area contributed by atoms with Gasteiger partial charge in [-0.15, -0.1) is 12.4 Å². The molecule has 0 aliphatic heterocycles. The Balaban J connectivity index is 0.000000651. The van der Waals surface area contributed by atoms with Gasteiger partial charge in [-0.05, 0) is 96.5 Å². The molecule has 401 valence electrons. The molecule has 0 aliphatic rings. The number of esters is 2. The second-order valence-electron chi connectivity index (χ2n) is 15.7. The number of nitrogens with two attached hydrogens (primary N) is 2. The van der Waals surface area contributed by atoms with Crippen molar-refractivity contribution in [1.82, 2.24) is 10.6 Å². The van der Waals surface area contributed by atoms with E-state index in [9.17, 15) is 29.6 Å². The number of ether oxygens (including phenoxy) is 2. The van der Waals surface area contributed by atoms with Crippen molar-refractivity contribution in [3.63, 3.8) is 0 Å². The number of aromatic nitrogens is 2. The molecule has 0 saturated carbocycles. The molecule has 75 heavy (non-hydrogen) atoms. The van der Waals surface area contributed by atoms with Crippen LogP contribution in [0.1, 0.15) is 64.2 Å². The van der Waals surface area contributed by atoms with Gasteiger partial charge in [-0.1, -0.05) is 68.1 Å². The molecule has 24 heteroatoms. The molecule has 2 aromatic heterocycles. The summed E-state index contributed by atoms with van der Waals surface area (Å²) < 4.78 is 11.6. The van der Waals surface area contributed by atoms with E-state index in [0.717, 1.165) is 38.1 Å². The fraction of sp³-hybridized carbons (Fsp3) is 0.216. The minimum atomic E-state index is -0.622. The zero-order chi connectivity index (χ0) is 54.2. The van der Waals surface area contributed by atoms with Gasteiger partial charge in [-0.2, -0.15) is 4.73 Å². The third-order valence-electron chi connectivity index (χ3n) is 10.9. The Morgan fingerprint density at radius 2 is 0.933 bits per heavy atom. The standard InChI is InChI=1S/2C25H26N4O4.CH4.ClH.5HI.2V/c2*1-16(22(25(31)33-2)15-17-4-3-5-21(14-17)23(26)27)28-24(30)20-8-6-18(7-9-20)19-10-12-29(32)13-11-19;;;;;;;;;/h3-14,16,22H,15H2,1-2H3,(H3,26,27)(H,28,30);3-14,16,22H,15H2,1-2H3,(H4-,26,27,28,30,32);1H4;6*1H;;/q;;;;;;;;;+2;+3/p-4/t2*16-,22?;;;;;;;;;/m11........./s1. The maximum absolute atomic E-state index is 12.8. The predicted molar refractivity (Wildman–Crippen MR) is 331 cm³/mol. The number of amidine groups is 2. The van der Waals surface area contributed by atoms with Crippen LogP contribution in [0.3, 0.4) is 0 Å². The van der Waals surface area contributed by atoms with Gasteiger partial charge in [0.2, 0.25) is 12.4 Å². The van der Waals surface area contributed by atoms with Crippen molar-refractivity contribution in [2.75, 3.05) is 14.2 Å². The molecule has 2 heterocycles. The van der Waals surface area contributed by atoms with Crippen molar-refractivity contribution in [2.45, 2.75) is 46.2 Å². The second kappa shape index (κ2) is 36.7. The summed E-state index contributed by atoms with van der Waals surface area (Å²) in [5, 5.41) is 41.5. The Morgan fingerprint density at radius 1 is 0.627 bits per heavy atom. The van der Waals surface area contributed by atoms with Gasteiger partial charge in [0, 0.05) is 63.3 Å². The average molecular weight is 1680 g/mol. The van der Waals surface area contributed by atoms with Crippen molar-refractivity contribution < 1.29 is 57.7 Å². The number of rotatable bonds is 16. The third kappa shape index (κ3) is 24.5. The van der Waals surface area contributed by atoms with E-state index >= 15 is 0 Å². The van der Waals surface area contributed by atoms with Gasteiger partial charge in [-0.3, -0.25) is 35.2 Å². The molecule has 2 amide bonds. The van der Waals surface area contributed by atoms with Crippen LogP contribution in [0.5, 0.6) is 0 Å². The molecule has 0 spiro atoms. The number of nitrogen functional groups attached to an aromatic ring is 2. The predicted octanol–water partition coefficient (Wildman–Crippen LogP) is 10.2. The van der Waals surface area contributed by atoms with Crippen LogP contribution in [0.15, 0.2) is 146 Å². The number of nitrogens with zero attached hydrogens (tertiary/aromatic N) is 2. The van der Waals surface area contributed by atoms with E-state index in [1.54, 1.807) is 111 Å². The molecule has 0 fully saturated rings. The molecule has 6 rings (SSSR count). The molecule has 2 unspecified atom stereocenters. The van der Waals surface area contributed by atoms with Crippen LogP contribution in [0.4, 0.5) is 0 Å². The number of nitrogens with one attached hydrogen (secondary N) is 4. The van der Waals surface area contributed by atoms with E-state index in [2.05, 4.69) is 111 Å². The van der Waals surface area contributed by atoms with Crippen LogP contribution >= 0.6 is 112 Å². The fourth-order valence-electron chi connectivity index (χ4n) is 7.10. The number of hydrogen-bond donors (Lipinski definition) is 7. The Labute approximate surface area is 510 Å². The first kappa shape index (κ1) is 69.7. The first-order chi connectivity index (χ1) is 34.7. The molecule has 6 aromatic rings. The van der Waals surface area contributed by atoms with Crippen molar-refractivity contribution in [3.05, 3.63) is 185 Å². The van der Waals surface area contributed by atoms with Crippen LogP contribution in [0, 0.1) is 27.9 Å². The quantitative estimate of drug-likeness (QED) is 0.00917. The topological polar surface area (TPSA) is 262 Å². The number of benzene rings is 4. The Morgan fingerprint density at radius 3 is 1.24 bits per heavy atom. The summed E-state index contributed by atoms with van der Waals surface area (Å²) >= 11 is 12.1. The zero-order valence-corrected chi connectivity index (χ0v) is 54.5. The monoisotopic (exact) mass is 1680 g/mol. The van der Waals surface area contributed by atoms with Gasteiger partial charge in [0.05, 0.1) is 26.1 Å².